The summed E-state index contributed by atoms with van der Waals surface area (Å²) < 4.78 is 11.8. The monoisotopic (exact) mass is 378 g/mol. The van der Waals surface area contributed by atoms with Crippen LogP contribution >= 0.6 is 11.3 Å². The lowest BCUT2D eigenvalue weighted by molar-refractivity contribution is -0.154. The second-order valence-electron chi connectivity index (χ2n) is 6.38. The molecule has 0 spiro atoms. The second-order valence-corrected chi connectivity index (χ2v) is 7.24. The first kappa shape index (κ1) is 18.6. The third-order valence-corrected chi connectivity index (χ3v) is 5.49. The Morgan fingerprint density at radius 1 is 1.35 bits per heavy atom. The van der Waals surface area contributed by atoms with Gasteiger partial charge in [-0.3, -0.25) is 9.36 Å². The number of rotatable bonds is 5. The van der Waals surface area contributed by atoms with Crippen molar-refractivity contribution in [3.05, 3.63) is 27.6 Å². The summed E-state index contributed by atoms with van der Waals surface area (Å²) in [4.78, 5) is 42.1. The van der Waals surface area contributed by atoms with Crippen molar-refractivity contribution in [3.8, 4) is 0 Å². The molecule has 0 amide bonds. The van der Waals surface area contributed by atoms with Gasteiger partial charge in [-0.05, 0) is 39.5 Å². The smallest absolute Gasteiger partial charge is 0.339 e. The summed E-state index contributed by atoms with van der Waals surface area (Å²) in [6.45, 7) is 3.53. The molecule has 1 aliphatic carbocycles. The molecule has 1 fully saturated rings. The minimum Gasteiger partial charge on any atom is -0.462 e. The highest BCUT2D eigenvalue weighted by Gasteiger charge is 2.26. The lowest BCUT2D eigenvalue weighted by atomic mass is 9.98. The quantitative estimate of drug-likeness (QED) is 0.743. The fraction of sp³-hybridized carbons (Fsp3) is 0.556. The third-order valence-electron chi connectivity index (χ3n) is 4.61. The van der Waals surface area contributed by atoms with Crippen molar-refractivity contribution in [1.29, 1.82) is 0 Å². The number of carbonyl (C=O) groups excluding carboxylic acids is 2. The van der Waals surface area contributed by atoms with E-state index < -0.39 is 23.5 Å². The maximum atomic E-state index is 12.9. The van der Waals surface area contributed by atoms with E-state index in [4.69, 9.17) is 9.47 Å². The molecule has 1 aliphatic rings. The molecule has 140 valence electrons. The van der Waals surface area contributed by atoms with E-state index in [1.54, 1.807) is 19.2 Å². The Kier molecular flexibility index (Phi) is 5.70. The van der Waals surface area contributed by atoms with Gasteiger partial charge < -0.3 is 9.47 Å². The van der Waals surface area contributed by atoms with Crippen LogP contribution in [0.5, 0.6) is 0 Å². The molecule has 0 bridgehead atoms. The number of aromatic nitrogens is 2. The number of thiophene rings is 1. The predicted octanol–water partition coefficient (Wildman–Crippen LogP) is 3.07. The Labute approximate surface area is 154 Å². The first-order valence-corrected chi connectivity index (χ1v) is 9.76. The number of nitrogens with zero attached hydrogens (tertiary/aromatic N) is 2. The highest BCUT2D eigenvalue weighted by Crippen LogP contribution is 2.24. The van der Waals surface area contributed by atoms with Crippen LogP contribution in [0.1, 0.15) is 62.4 Å². The molecule has 1 atom stereocenters. The average Bonchev–Trinajstić information content (AvgIpc) is 3.07. The van der Waals surface area contributed by atoms with Crippen LogP contribution in [0, 0.1) is 0 Å². The fourth-order valence-corrected chi connectivity index (χ4v) is 4.01. The average molecular weight is 378 g/mol. The van der Waals surface area contributed by atoms with E-state index in [9.17, 15) is 14.4 Å². The van der Waals surface area contributed by atoms with Crippen molar-refractivity contribution >= 4 is 33.5 Å². The van der Waals surface area contributed by atoms with E-state index in [1.165, 1.54) is 28.7 Å². The summed E-state index contributed by atoms with van der Waals surface area (Å²) >= 11 is 1.20. The zero-order valence-electron chi connectivity index (χ0n) is 14.9. The molecule has 2 heterocycles. The van der Waals surface area contributed by atoms with Gasteiger partial charge in [-0.1, -0.05) is 6.42 Å². The topological polar surface area (TPSA) is 87.5 Å². The zero-order chi connectivity index (χ0) is 18.7. The molecule has 26 heavy (non-hydrogen) atoms. The van der Waals surface area contributed by atoms with Gasteiger partial charge in [-0.2, -0.15) is 0 Å². The van der Waals surface area contributed by atoms with E-state index in [0.717, 1.165) is 25.7 Å². The van der Waals surface area contributed by atoms with Crippen LogP contribution in [0.2, 0.25) is 0 Å². The van der Waals surface area contributed by atoms with Crippen LogP contribution in [-0.2, 0) is 14.3 Å². The molecular weight excluding hydrogens is 356 g/mol. The lowest BCUT2D eigenvalue weighted by Crippen LogP contribution is -2.32. The van der Waals surface area contributed by atoms with Crippen molar-refractivity contribution < 1.29 is 19.1 Å². The summed E-state index contributed by atoms with van der Waals surface area (Å²) in [6, 6.07) is -0.809. The molecule has 2 aromatic rings. The van der Waals surface area contributed by atoms with E-state index in [1.807, 2.05) is 0 Å². The predicted molar refractivity (Wildman–Crippen MR) is 97.5 cm³/mol. The van der Waals surface area contributed by atoms with Gasteiger partial charge in [0.25, 0.3) is 5.56 Å². The van der Waals surface area contributed by atoms with Crippen LogP contribution in [-0.4, -0.2) is 34.2 Å². The van der Waals surface area contributed by atoms with Gasteiger partial charge in [0.05, 0.1) is 23.9 Å². The van der Waals surface area contributed by atoms with Crippen LogP contribution in [0.15, 0.2) is 16.5 Å². The van der Waals surface area contributed by atoms with E-state index in [0.29, 0.717) is 4.83 Å². The summed E-state index contributed by atoms with van der Waals surface area (Å²) in [7, 11) is 0. The minimum absolute atomic E-state index is 0.0812. The maximum absolute atomic E-state index is 12.9. The van der Waals surface area contributed by atoms with Gasteiger partial charge in [0.15, 0.2) is 0 Å². The lowest BCUT2D eigenvalue weighted by Gasteiger charge is -2.24. The van der Waals surface area contributed by atoms with Crippen LogP contribution in [0.25, 0.3) is 10.2 Å². The first-order valence-electron chi connectivity index (χ1n) is 8.88. The molecule has 2 aromatic heterocycles. The van der Waals surface area contributed by atoms with Crippen molar-refractivity contribution in [1.82, 2.24) is 9.55 Å². The van der Waals surface area contributed by atoms with E-state index in [2.05, 4.69) is 4.98 Å². The van der Waals surface area contributed by atoms with Gasteiger partial charge in [0, 0.05) is 5.38 Å². The molecule has 0 radical (unpaired) electrons. The van der Waals surface area contributed by atoms with Gasteiger partial charge in [0.2, 0.25) is 0 Å². The van der Waals surface area contributed by atoms with Gasteiger partial charge >= 0.3 is 11.9 Å². The molecule has 0 saturated heterocycles. The highest BCUT2D eigenvalue weighted by molar-refractivity contribution is 7.17. The number of hydrogen-bond acceptors (Lipinski definition) is 7. The van der Waals surface area contributed by atoms with Gasteiger partial charge in [-0.15, -0.1) is 11.3 Å². The number of fused-ring (bicyclic) bond motifs is 1. The number of esters is 2. The SMILES string of the molecule is CCOC(=O)c1csc2ncn(C(C)C(=O)OC3CCCCC3)c(=O)c12. The normalized spacial score (nSPS) is 16.4. The largest absolute Gasteiger partial charge is 0.462 e. The number of ether oxygens (including phenoxy) is 2. The molecule has 1 saturated carbocycles. The fourth-order valence-electron chi connectivity index (χ4n) is 3.14. The Morgan fingerprint density at radius 2 is 2.08 bits per heavy atom. The number of hydrogen-bond donors (Lipinski definition) is 0. The number of carbonyl (C=O) groups is 2. The highest BCUT2D eigenvalue weighted by atomic mass is 32.1. The standard InChI is InChI=1S/C18H22N2O5S/c1-3-24-18(23)13-9-26-15-14(13)16(21)20(10-19-15)11(2)17(22)25-12-7-5-4-6-8-12/h9-12H,3-8H2,1-2H3. The molecule has 1 unspecified atom stereocenters. The summed E-state index contributed by atoms with van der Waals surface area (Å²) in [5, 5.41) is 1.75. The van der Waals surface area contributed by atoms with Crippen LogP contribution in [0.4, 0.5) is 0 Å². The van der Waals surface area contributed by atoms with E-state index >= 15 is 0 Å². The Hall–Kier alpha value is -2.22. The zero-order valence-corrected chi connectivity index (χ0v) is 15.7. The minimum atomic E-state index is -0.809. The second kappa shape index (κ2) is 7.99. The molecule has 3 rings (SSSR count). The van der Waals surface area contributed by atoms with E-state index in [-0.39, 0.29) is 23.7 Å². The summed E-state index contributed by atoms with van der Waals surface area (Å²) in [6.07, 6.45) is 6.25. The molecule has 0 aliphatic heterocycles. The molecule has 8 heteroatoms. The van der Waals surface area contributed by atoms with Crippen LogP contribution in [0.3, 0.4) is 0 Å². The van der Waals surface area contributed by atoms with Gasteiger partial charge in [-0.25, -0.2) is 14.6 Å². The molecule has 0 N–H and O–H groups in total. The Morgan fingerprint density at radius 3 is 2.77 bits per heavy atom. The van der Waals surface area contributed by atoms with Crippen molar-refractivity contribution in [2.45, 2.75) is 58.1 Å². The summed E-state index contributed by atoms with van der Waals surface area (Å²) in [5.41, 5.74) is -0.251. The van der Waals surface area contributed by atoms with Gasteiger partial charge in [0.1, 0.15) is 17.0 Å². The summed E-state index contributed by atoms with van der Waals surface area (Å²) in [5.74, 6) is -1.01. The Balaban J connectivity index is 1.88. The maximum Gasteiger partial charge on any atom is 0.339 e. The molecule has 0 aromatic carbocycles. The van der Waals surface area contributed by atoms with Crippen molar-refractivity contribution in [2.75, 3.05) is 6.61 Å². The van der Waals surface area contributed by atoms with Crippen molar-refractivity contribution in [2.24, 2.45) is 0 Å². The third kappa shape index (κ3) is 3.65. The molecular formula is C18H22N2O5S. The molecule has 7 nitrogen and oxygen atoms in total. The Bertz CT molecular complexity index is 866. The van der Waals surface area contributed by atoms with Crippen LogP contribution < -0.4 is 5.56 Å². The first-order chi connectivity index (χ1) is 12.5. The van der Waals surface area contributed by atoms with Crippen molar-refractivity contribution in [3.63, 3.8) is 0 Å².